The lowest BCUT2D eigenvalue weighted by molar-refractivity contribution is -0.123. The highest BCUT2D eigenvalue weighted by molar-refractivity contribution is 5.82. The molecule has 2 aliphatic carbocycles. The van der Waals surface area contributed by atoms with Gasteiger partial charge in [0.15, 0.2) is 0 Å². The summed E-state index contributed by atoms with van der Waals surface area (Å²) in [6.07, 6.45) is 3.79. The quantitative estimate of drug-likeness (QED) is 0.733. The summed E-state index contributed by atoms with van der Waals surface area (Å²) < 4.78 is 0. The van der Waals surface area contributed by atoms with Crippen LogP contribution in [0.1, 0.15) is 33.1 Å². The van der Waals surface area contributed by atoms with E-state index in [-0.39, 0.29) is 17.9 Å². The first-order valence-corrected chi connectivity index (χ1v) is 5.94. The number of nitrogens with one attached hydrogen (secondary N) is 1. The Kier molecular flexibility index (Phi) is 2.75. The topological polar surface area (TPSA) is 49.3 Å². The van der Waals surface area contributed by atoms with Crippen LogP contribution >= 0.6 is 0 Å². The predicted molar refractivity (Wildman–Crippen MR) is 58.2 cm³/mol. The van der Waals surface area contributed by atoms with Gasteiger partial charge in [-0.25, -0.2) is 0 Å². The molecule has 0 aliphatic heterocycles. The first kappa shape index (κ1) is 10.9. The molecule has 15 heavy (non-hydrogen) atoms. The zero-order valence-electron chi connectivity index (χ0n) is 9.62. The van der Waals surface area contributed by atoms with Gasteiger partial charge in [-0.3, -0.25) is 4.79 Å². The standard InChI is InChI=1S/C12H21NO2/c1-12(2,7-14)6-13-11(15)10-8-4-3-5-9(8)10/h8-10,14H,3-7H2,1-2H3,(H,13,15). The molecular formula is C12H21NO2. The molecule has 1 amide bonds. The molecule has 2 atom stereocenters. The highest BCUT2D eigenvalue weighted by atomic mass is 16.3. The van der Waals surface area contributed by atoms with Crippen molar-refractivity contribution in [2.45, 2.75) is 33.1 Å². The largest absolute Gasteiger partial charge is 0.396 e. The van der Waals surface area contributed by atoms with Gasteiger partial charge in [0.1, 0.15) is 0 Å². The summed E-state index contributed by atoms with van der Waals surface area (Å²) in [4.78, 5) is 11.8. The van der Waals surface area contributed by atoms with Crippen LogP contribution in [0.2, 0.25) is 0 Å². The highest BCUT2D eigenvalue weighted by Crippen LogP contribution is 2.57. The zero-order valence-corrected chi connectivity index (χ0v) is 9.62. The Balaban J connectivity index is 1.75. The summed E-state index contributed by atoms with van der Waals surface area (Å²) in [6.45, 7) is 4.62. The molecule has 2 saturated carbocycles. The molecule has 0 heterocycles. The van der Waals surface area contributed by atoms with Gasteiger partial charge in [0.05, 0.1) is 0 Å². The van der Waals surface area contributed by atoms with Crippen molar-refractivity contribution in [3.8, 4) is 0 Å². The number of aliphatic hydroxyl groups excluding tert-OH is 1. The molecule has 0 aromatic heterocycles. The maximum absolute atomic E-state index is 11.8. The SMILES string of the molecule is CC(C)(CO)CNC(=O)C1C2CCCC21. The molecule has 3 nitrogen and oxygen atoms in total. The van der Waals surface area contributed by atoms with E-state index in [1.54, 1.807) is 0 Å². The molecule has 2 N–H and O–H groups in total. The van der Waals surface area contributed by atoms with Crippen LogP contribution in [0.5, 0.6) is 0 Å². The van der Waals surface area contributed by atoms with Crippen LogP contribution in [-0.2, 0) is 4.79 Å². The Morgan fingerprint density at radius 2 is 2.00 bits per heavy atom. The van der Waals surface area contributed by atoms with Crippen molar-refractivity contribution in [1.29, 1.82) is 0 Å². The second kappa shape index (κ2) is 3.78. The van der Waals surface area contributed by atoms with Crippen molar-refractivity contribution in [2.24, 2.45) is 23.2 Å². The van der Waals surface area contributed by atoms with E-state index in [9.17, 15) is 4.79 Å². The van der Waals surface area contributed by atoms with Gasteiger partial charge >= 0.3 is 0 Å². The van der Waals surface area contributed by atoms with E-state index in [4.69, 9.17) is 5.11 Å². The molecule has 0 spiro atoms. The highest BCUT2D eigenvalue weighted by Gasteiger charge is 2.56. The van der Waals surface area contributed by atoms with Crippen molar-refractivity contribution in [2.75, 3.05) is 13.2 Å². The van der Waals surface area contributed by atoms with E-state index < -0.39 is 0 Å². The summed E-state index contributed by atoms with van der Waals surface area (Å²) in [5, 5.41) is 12.0. The third-order valence-electron chi connectivity index (χ3n) is 3.88. The number of hydrogen-bond acceptors (Lipinski definition) is 2. The van der Waals surface area contributed by atoms with Crippen LogP contribution in [0.4, 0.5) is 0 Å². The number of carbonyl (C=O) groups excluding carboxylic acids is 1. The minimum absolute atomic E-state index is 0.116. The lowest BCUT2D eigenvalue weighted by Crippen LogP contribution is -2.37. The lowest BCUT2D eigenvalue weighted by Gasteiger charge is -2.22. The summed E-state index contributed by atoms with van der Waals surface area (Å²) in [5.41, 5.74) is -0.195. The van der Waals surface area contributed by atoms with E-state index in [1.807, 2.05) is 13.8 Å². The summed E-state index contributed by atoms with van der Waals surface area (Å²) in [6, 6.07) is 0. The van der Waals surface area contributed by atoms with Gasteiger partial charge in [0.25, 0.3) is 0 Å². The second-order valence-corrected chi connectivity index (χ2v) is 5.82. The Hall–Kier alpha value is -0.570. The van der Waals surface area contributed by atoms with E-state index in [2.05, 4.69) is 5.32 Å². The van der Waals surface area contributed by atoms with Gasteiger partial charge in [0.2, 0.25) is 5.91 Å². The number of amides is 1. The molecule has 2 unspecified atom stereocenters. The number of carbonyl (C=O) groups is 1. The van der Waals surface area contributed by atoms with Gasteiger partial charge in [-0.05, 0) is 24.7 Å². The molecule has 2 fully saturated rings. The predicted octanol–water partition coefficient (Wildman–Crippen LogP) is 1.17. The monoisotopic (exact) mass is 211 g/mol. The molecule has 0 aromatic rings. The second-order valence-electron chi connectivity index (χ2n) is 5.82. The van der Waals surface area contributed by atoms with Crippen LogP contribution in [0.15, 0.2) is 0 Å². The number of hydrogen-bond donors (Lipinski definition) is 2. The normalized spacial score (nSPS) is 33.7. The van der Waals surface area contributed by atoms with Crippen LogP contribution < -0.4 is 5.32 Å². The van der Waals surface area contributed by atoms with Crippen molar-refractivity contribution in [3.63, 3.8) is 0 Å². The third-order valence-corrected chi connectivity index (χ3v) is 3.88. The molecule has 3 heteroatoms. The van der Waals surface area contributed by atoms with Crippen LogP contribution in [0.25, 0.3) is 0 Å². The molecule has 2 aliphatic rings. The number of rotatable bonds is 4. The minimum Gasteiger partial charge on any atom is -0.396 e. The van der Waals surface area contributed by atoms with Crippen LogP contribution in [0, 0.1) is 23.2 Å². The third kappa shape index (κ3) is 2.17. The Morgan fingerprint density at radius 3 is 2.53 bits per heavy atom. The van der Waals surface area contributed by atoms with E-state index in [0.717, 1.165) is 0 Å². The van der Waals surface area contributed by atoms with Gasteiger partial charge in [-0.2, -0.15) is 0 Å². The minimum atomic E-state index is -0.195. The van der Waals surface area contributed by atoms with Crippen LogP contribution in [0.3, 0.4) is 0 Å². The zero-order chi connectivity index (χ0) is 11.1. The average Bonchev–Trinajstić information content (AvgIpc) is 2.69. The van der Waals surface area contributed by atoms with Crippen molar-refractivity contribution in [1.82, 2.24) is 5.32 Å². The molecular weight excluding hydrogens is 190 g/mol. The molecule has 0 saturated heterocycles. The van der Waals surface area contributed by atoms with Gasteiger partial charge in [-0.1, -0.05) is 20.3 Å². The summed E-state index contributed by atoms with van der Waals surface area (Å²) in [5.74, 6) is 1.88. The molecule has 0 radical (unpaired) electrons. The number of aliphatic hydroxyl groups is 1. The first-order chi connectivity index (χ1) is 7.05. The van der Waals surface area contributed by atoms with Crippen molar-refractivity contribution in [3.05, 3.63) is 0 Å². The molecule has 86 valence electrons. The Labute approximate surface area is 91.2 Å². The molecule has 0 aromatic carbocycles. The van der Waals surface area contributed by atoms with Gasteiger partial charge in [0, 0.05) is 24.5 Å². The lowest BCUT2D eigenvalue weighted by atomic mass is 9.95. The first-order valence-electron chi connectivity index (χ1n) is 5.94. The van der Waals surface area contributed by atoms with Crippen LogP contribution in [-0.4, -0.2) is 24.2 Å². The fraction of sp³-hybridized carbons (Fsp3) is 0.917. The Morgan fingerprint density at radius 1 is 1.40 bits per heavy atom. The fourth-order valence-electron chi connectivity index (χ4n) is 2.71. The maximum atomic E-state index is 11.8. The summed E-state index contributed by atoms with van der Waals surface area (Å²) in [7, 11) is 0. The Bertz CT molecular complexity index is 252. The molecule has 2 rings (SSSR count). The van der Waals surface area contributed by atoms with Gasteiger partial charge in [-0.15, -0.1) is 0 Å². The fourth-order valence-corrected chi connectivity index (χ4v) is 2.71. The number of fused-ring (bicyclic) bond motifs is 1. The average molecular weight is 211 g/mol. The smallest absolute Gasteiger partial charge is 0.223 e. The maximum Gasteiger partial charge on any atom is 0.223 e. The van der Waals surface area contributed by atoms with Crippen molar-refractivity contribution >= 4 is 5.91 Å². The van der Waals surface area contributed by atoms with Gasteiger partial charge < -0.3 is 10.4 Å². The summed E-state index contributed by atoms with van der Waals surface area (Å²) >= 11 is 0. The van der Waals surface area contributed by atoms with E-state index in [1.165, 1.54) is 19.3 Å². The molecule has 0 bridgehead atoms. The van der Waals surface area contributed by atoms with E-state index in [0.29, 0.717) is 24.3 Å². The van der Waals surface area contributed by atoms with Crippen molar-refractivity contribution < 1.29 is 9.90 Å². The van der Waals surface area contributed by atoms with E-state index >= 15 is 0 Å².